The van der Waals surface area contributed by atoms with Crippen LogP contribution in [-0.4, -0.2) is 20.9 Å². The molecule has 0 N–H and O–H groups in total. The average Bonchev–Trinajstić information content (AvgIpc) is 2.78. The van der Waals surface area contributed by atoms with Crippen molar-refractivity contribution in [1.29, 1.82) is 0 Å². The number of aryl methyl sites for hydroxylation is 1. The van der Waals surface area contributed by atoms with Gasteiger partial charge in [-0.1, -0.05) is 48.7 Å². The molecule has 0 aromatic heterocycles. The van der Waals surface area contributed by atoms with Crippen molar-refractivity contribution in [3.63, 3.8) is 0 Å². The fourth-order valence-corrected chi connectivity index (χ4v) is 5.43. The Morgan fingerprint density at radius 2 is 1.61 bits per heavy atom. The molecule has 0 atom stereocenters. The van der Waals surface area contributed by atoms with Gasteiger partial charge in [0.2, 0.25) is 0 Å². The Morgan fingerprint density at radius 1 is 0.970 bits per heavy atom. The molecule has 0 bridgehead atoms. The molecule has 0 unspecified atom stereocenters. The third-order valence-corrected chi connectivity index (χ3v) is 7.68. The summed E-state index contributed by atoms with van der Waals surface area (Å²) in [7, 11) is -4.21. The number of halogens is 3. The molecular formula is C24H22BrCl2NO4S. The van der Waals surface area contributed by atoms with Crippen LogP contribution in [0.3, 0.4) is 0 Å². The van der Waals surface area contributed by atoms with Gasteiger partial charge in [-0.2, -0.15) is 4.31 Å². The first kappa shape index (κ1) is 25.6. The van der Waals surface area contributed by atoms with Crippen molar-refractivity contribution in [2.45, 2.75) is 31.1 Å². The topological polar surface area (TPSA) is 63.7 Å². The lowest BCUT2D eigenvalue weighted by Gasteiger charge is -2.23. The zero-order valence-electron chi connectivity index (χ0n) is 17.8. The summed E-state index contributed by atoms with van der Waals surface area (Å²) in [4.78, 5) is 13.1. The predicted molar refractivity (Wildman–Crippen MR) is 136 cm³/mol. The molecule has 5 nitrogen and oxygen atoms in total. The molecular weight excluding hydrogens is 549 g/mol. The molecule has 3 rings (SSSR count). The smallest absolute Gasteiger partial charge is 0.278 e. The van der Waals surface area contributed by atoms with E-state index in [0.717, 1.165) is 29.1 Å². The van der Waals surface area contributed by atoms with Crippen LogP contribution in [0.25, 0.3) is 0 Å². The number of hydrogen-bond acceptors (Lipinski definition) is 4. The van der Waals surface area contributed by atoms with Crippen molar-refractivity contribution < 1.29 is 17.9 Å². The van der Waals surface area contributed by atoms with Crippen LogP contribution in [0.5, 0.6) is 5.75 Å². The van der Waals surface area contributed by atoms with E-state index < -0.39 is 22.5 Å². The van der Waals surface area contributed by atoms with Crippen molar-refractivity contribution in [1.82, 2.24) is 0 Å². The van der Waals surface area contributed by atoms with Crippen LogP contribution in [0.15, 0.2) is 76.1 Å². The minimum Gasteiger partial charge on any atom is -0.483 e. The highest BCUT2D eigenvalue weighted by molar-refractivity contribution is 9.10. The third-order valence-electron chi connectivity index (χ3n) is 4.81. The highest BCUT2D eigenvalue weighted by Gasteiger charge is 2.31. The maximum atomic E-state index is 13.4. The van der Waals surface area contributed by atoms with Crippen LogP contribution in [0.2, 0.25) is 10.0 Å². The highest BCUT2D eigenvalue weighted by atomic mass is 79.9. The number of carbonyl (C=O) groups excluding carboxylic acids is 1. The Hall–Kier alpha value is -2.06. The van der Waals surface area contributed by atoms with Gasteiger partial charge in [0, 0.05) is 10.0 Å². The summed E-state index contributed by atoms with van der Waals surface area (Å²) in [6.07, 6.45) is 2.95. The molecule has 3 aromatic rings. The first-order chi connectivity index (χ1) is 15.7. The van der Waals surface area contributed by atoms with Gasteiger partial charge in [0.15, 0.2) is 6.61 Å². The Bertz CT molecular complexity index is 1220. The van der Waals surface area contributed by atoms with Gasteiger partial charge < -0.3 is 4.74 Å². The Balaban J connectivity index is 1.93. The van der Waals surface area contributed by atoms with E-state index in [1.165, 1.54) is 24.3 Å². The van der Waals surface area contributed by atoms with Crippen molar-refractivity contribution in [3.8, 4) is 5.75 Å². The standard InChI is InChI=1S/C24H22BrCl2NO4S/c1-2-3-4-17-5-10-20(11-6-17)28(33(30,31)21-12-7-18(26)8-13-21)24(29)16-32-23-14-9-19(27)15-22(23)25/h5-15H,2-4,16H2,1H3. The summed E-state index contributed by atoms with van der Waals surface area (Å²) in [5.74, 6) is -0.375. The normalized spacial score (nSPS) is 11.3. The van der Waals surface area contributed by atoms with Gasteiger partial charge in [0.05, 0.1) is 15.1 Å². The lowest BCUT2D eigenvalue weighted by molar-refractivity contribution is -0.119. The number of sulfonamides is 1. The van der Waals surface area contributed by atoms with Crippen molar-refractivity contribution in [2.75, 3.05) is 10.9 Å². The molecule has 0 saturated heterocycles. The van der Waals surface area contributed by atoms with E-state index in [4.69, 9.17) is 27.9 Å². The first-order valence-electron chi connectivity index (χ1n) is 10.2. The Morgan fingerprint density at radius 3 is 2.21 bits per heavy atom. The number of rotatable bonds is 9. The SMILES string of the molecule is CCCCc1ccc(N(C(=O)COc2ccc(Cl)cc2Br)S(=O)(=O)c2ccc(Cl)cc2)cc1. The minimum absolute atomic E-state index is 0.0528. The quantitative estimate of drug-likeness (QED) is 0.281. The number of benzene rings is 3. The van der Waals surface area contributed by atoms with Gasteiger partial charge in [-0.05, 0) is 88.9 Å². The number of anilines is 1. The van der Waals surface area contributed by atoms with Gasteiger partial charge in [0.25, 0.3) is 15.9 Å². The monoisotopic (exact) mass is 569 g/mol. The van der Waals surface area contributed by atoms with Gasteiger partial charge >= 0.3 is 0 Å². The van der Waals surface area contributed by atoms with Gasteiger partial charge in [-0.15, -0.1) is 0 Å². The van der Waals surface area contributed by atoms with Crippen LogP contribution in [-0.2, 0) is 21.2 Å². The molecule has 174 valence electrons. The van der Waals surface area contributed by atoms with Crippen LogP contribution in [0.1, 0.15) is 25.3 Å². The number of unbranched alkanes of at least 4 members (excludes halogenated alkanes) is 1. The molecule has 33 heavy (non-hydrogen) atoms. The van der Waals surface area contributed by atoms with E-state index in [0.29, 0.717) is 20.3 Å². The molecule has 0 aliphatic heterocycles. The van der Waals surface area contributed by atoms with Crippen LogP contribution in [0, 0.1) is 0 Å². The number of nitrogens with zero attached hydrogens (tertiary/aromatic N) is 1. The fraction of sp³-hybridized carbons (Fsp3) is 0.208. The first-order valence-corrected chi connectivity index (χ1v) is 13.2. The average molecular weight is 571 g/mol. The lowest BCUT2D eigenvalue weighted by Crippen LogP contribution is -2.40. The van der Waals surface area contributed by atoms with E-state index >= 15 is 0 Å². The molecule has 0 heterocycles. The molecule has 0 spiro atoms. The predicted octanol–water partition coefficient (Wildman–Crippen LogP) is 6.90. The van der Waals surface area contributed by atoms with Gasteiger partial charge in [0.1, 0.15) is 5.75 Å². The number of ether oxygens (including phenoxy) is 1. The summed E-state index contributed by atoms with van der Waals surface area (Å²) >= 11 is 15.2. The van der Waals surface area contributed by atoms with Crippen molar-refractivity contribution >= 4 is 60.7 Å². The molecule has 3 aromatic carbocycles. The van der Waals surface area contributed by atoms with Crippen LogP contribution >= 0.6 is 39.1 Å². The van der Waals surface area contributed by atoms with E-state index in [-0.39, 0.29) is 10.6 Å². The lowest BCUT2D eigenvalue weighted by atomic mass is 10.1. The Labute approximate surface area is 212 Å². The summed E-state index contributed by atoms with van der Waals surface area (Å²) in [6.45, 7) is 1.61. The number of amides is 1. The minimum atomic E-state index is -4.21. The molecule has 0 fully saturated rings. The summed E-state index contributed by atoms with van der Waals surface area (Å²) in [5.41, 5.74) is 1.30. The van der Waals surface area contributed by atoms with Gasteiger partial charge in [-0.3, -0.25) is 4.79 Å². The highest BCUT2D eigenvalue weighted by Crippen LogP contribution is 2.29. The van der Waals surface area contributed by atoms with Crippen LogP contribution in [0.4, 0.5) is 5.69 Å². The second kappa shape index (κ2) is 11.4. The Kier molecular flexibility index (Phi) is 8.82. The summed E-state index contributed by atoms with van der Waals surface area (Å²) in [5, 5.41) is 0.888. The maximum Gasteiger partial charge on any atom is 0.278 e. The zero-order chi connectivity index (χ0) is 24.0. The van der Waals surface area contributed by atoms with E-state index in [9.17, 15) is 13.2 Å². The summed E-state index contributed by atoms with van der Waals surface area (Å²) < 4.78 is 33.8. The number of hydrogen-bond donors (Lipinski definition) is 0. The molecule has 0 saturated carbocycles. The van der Waals surface area contributed by atoms with Crippen LogP contribution < -0.4 is 9.04 Å². The molecule has 0 aliphatic carbocycles. The van der Waals surface area contributed by atoms with E-state index in [1.807, 2.05) is 12.1 Å². The third kappa shape index (κ3) is 6.51. The second-order valence-corrected chi connectivity index (χ2v) is 10.8. The van der Waals surface area contributed by atoms with Gasteiger partial charge in [-0.25, -0.2) is 8.42 Å². The maximum absolute atomic E-state index is 13.4. The second-order valence-electron chi connectivity index (χ2n) is 7.25. The zero-order valence-corrected chi connectivity index (χ0v) is 21.7. The molecule has 1 amide bonds. The number of carbonyl (C=O) groups is 1. The molecule has 0 aliphatic rings. The van der Waals surface area contributed by atoms with E-state index in [2.05, 4.69) is 22.9 Å². The largest absolute Gasteiger partial charge is 0.483 e. The van der Waals surface area contributed by atoms with E-state index in [1.54, 1.807) is 30.3 Å². The molecule has 0 radical (unpaired) electrons. The van der Waals surface area contributed by atoms with Crippen molar-refractivity contribution in [3.05, 3.63) is 86.8 Å². The van der Waals surface area contributed by atoms with Crippen molar-refractivity contribution in [2.24, 2.45) is 0 Å². The fourth-order valence-electron chi connectivity index (χ4n) is 3.10. The summed E-state index contributed by atoms with van der Waals surface area (Å²) in [6, 6.07) is 17.4. The molecule has 9 heteroatoms.